The molecule has 7 heteroatoms. The molecule has 0 amide bonds. The Morgan fingerprint density at radius 3 is 2.86 bits per heavy atom. The van der Waals surface area contributed by atoms with Gasteiger partial charge in [0.05, 0.1) is 13.2 Å². The van der Waals surface area contributed by atoms with E-state index < -0.39 is 0 Å². The molecule has 2 heterocycles. The number of imidazole rings is 1. The molecule has 2 aromatic carbocycles. The third-order valence-corrected chi connectivity index (χ3v) is 5.45. The van der Waals surface area contributed by atoms with Gasteiger partial charge in [-0.15, -0.1) is 12.4 Å². The molecule has 0 bridgehead atoms. The fourth-order valence-corrected chi connectivity index (χ4v) is 4.03. The number of halogens is 1. The number of benzene rings is 2. The van der Waals surface area contributed by atoms with Crippen molar-refractivity contribution in [3.63, 3.8) is 0 Å². The zero-order valence-corrected chi connectivity index (χ0v) is 18.0. The lowest BCUT2D eigenvalue weighted by atomic mass is 10.0. The van der Waals surface area contributed by atoms with Crippen LogP contribution in [0.2, 0.25) is 0 Å². The molecule has 5 nitrogen and oxygen atoms in total. The van der Waals surface area contributed by atoms with E-state index in [1.54, 1.807) is 7.11 Å². The number of aromatic nitrogens is 2. The number of hydrogen-bond donors (Lipinski definition) is 2. The molecule has 0 spiro atoms. The van der Waals surface area contributed by atoms with E-state index in [4.69, 9.17) is 21.7 Å². The molecule has 0 radical (unpaired) electrons. The molecule has 1 atom stereocenters. The topological polar surface area (TPSA) is 51.2 Å². The fraction of sp³-hybridized carbons (Fsp3) is 0.318. The third kappa shape index (κ3) is 5.01. The molecule has 2 N–H and O–H groups in total. The molecule has 0 fully saturated rings. The van der Waals surface area contributed by atoms with Crippen molar-refractivity contribution >= 4 is 24.6 Å². The first-order valence-electron chi connectivity index (χ1n) is 9.58. The van der Waals surface area contributed by atoms with Gasteiger partial charge in [-0.3, -0.25) is 0 Å². The van der Waals surface area contributed by atoms with Gasteiger partial charge in [0.2, 0.25) is 0 Å². The minimum absolute atomic E-state index is 0. The Kier molecular flexibility index (Phi) is 7.36. The van der Waals surface area contributed by atoms with Gasteiger partial charge in [0.1, 0.15) is 18.1 Å². The minimum Gasteiger partial charge on any atom is -0.497 e. The van der Waals surface area contributed by atoms with Crippen LogP contribution in [0.15, 0.2) is 54.7 Å². The summed E-state index contributed by atoms with van der Waals surface area (Å²) in [5, 5.41) is 3.51. The maximum absolute atomic E-state index is 6.00. The molecule has 29 heavy (non-hydrogen) atoms. The van der Waals surface area contributed by atoms with Crippen LogP contribution in [-0.2, 0) is 19.4 Å². The molecule has 0 saturated carbocycles. The Morgan fingerprint density at radius 2 is 2.07 bits per heavy atom. The van der Waals surface area contributed by atoms with E-state index in [2.05, 4.69) is 45.2 Å². The summed E-state index contributed by atoms with van der Waals surface area (Å²) < 4.78 is 14.3. The first-order chi connectivity index (χ1) is 13.7. The van der Waals surface area contributed by atoms with Crippen LogP contribution in [0.4, 0.5) is 0 Å². The van der Waals surface area contributed by atoms with Gasteiger partial charge in [0.15, 0.2) is 4.77 Å². The first kappa shape index (κ1) is 21.4. The van der Waals surface area contributed by atoms with E-state index in [1.807, 2.05) is 24.4 Å². The maximum Gasteiger partial charge on any atom is 0.177 e. The Balaban J connectivity index is 0.00000240. The number of nitrogens with zero attached hydrogens (tertiary/aromatic N) is 1. The van der Waals surface area contributed by atoms with Gasteiger partial charge >= 0.3 is 0 Å². The number of aromatic amines is 1. The molecule has 154 valence electrons. The normalized spacial score (nSPS) is 15.1. The monoisotopic (exact) mass is 431 g/mol. The molecular formula is C22H26ClN3O2S. The van der Waals surface area contributed by atoms with E-state index >= 15 is 0 Å². The number of ether oxygens (including phenoxy) is 2. The summed E-state index contributed by atoms with van der Waals surface area (Å²) in [6, 6.07) is 16.6. The minimum atomic E-state index is 0. The predicted molar refractivity (Wildman–Crippen MR) is 120 cm³/mol. The second kappa shape index (κ2) is 9.96. The van der Waals surface area contributed by atoms with Crippen LogP contribution in [0.25, 0.3) is 0 Å². The summed E-state index contributed by atoms with van der Waals surface area (Å²) in [6.07, 6.45) is 3.80. The number of rotatable bonds is 7. The lowest BCUT2D eigenvalue weighted by Crippen LogP contribution is -2.27. The van der Waals surface area contributed by atoms with Gasteiger partial charge in [-0.25, -0.2) is 0 Å². The highest BCUT2D eigenvalue weighted by Gasteiger charge is 2.24. The van der Waals surface area contributed by atoms with Crippen molar-refractivity contribution in [1.29, 1.82) is 0 Å². The smallest absolute Gasteiger partial charge is 0.177 e. The standard InChI is InChI=1S/C22H25N3O2S.ClH/c1-26-20-7-8-21-17(12-20)11-19(15-27-21)25-18(14-24-22(25)28)9-10-23-13-16-5-3-2-4-6-16;/h2-8,12,14,19,23H,9-11,13,15H2,1H3,(H,24,28);1H/t19-;/m0./s1. The largest absolute Gasteiger partial charge is 0.497 e. The van der Waals surface area contributed by atoms with E-state index in [9.17, 15) is 0 Å². The Bertz CT molecular complexity index is 987. The molecule has 4 rings (SSSR count). The predicted octanol–water partition coefficient (Wildman–Crippen LogP) is 4.48. The molecule has 1 aliphatic rings. The van der Waals surface area contributed by atoms with Gasteiger partial charge in [-0.2, -0.15) is 0 Å². The Labute approximate surface area is 182 Å². The summed E-state index contributed by atoms with van der Waals surface area (Å²) >= 11 is 5.56. The first-order valence-corrected chi connectivity index (χ1v) is 9.98. The van der Waals surface area contributed by atoms with Crippen LogP contribution in [-0.4, -0.2) is 29.8 Å². The number of H-pyrrole nitrogens is 1. The lowest BCUT2D eigenvalue weighted by Gasteiger charge is -2.28. The Morgan fingerprint density at radius 1 is 1.24 bits per heavy atom. The number of nitrogens with one attached hydrogen (secondary N) is 2. The van der Waals surface area contributed by atoms with Crippen molar-refractivity contribution in [2.24, 2.45) is 0 Å². The van der Waals surface area contributed by atoms with Crippen molar-refractivity contribution < 1.29 is 9.47 Å². The van der Waals surface area contributed by atoms with E-state index in [0.717, 1.165) is 47.8 Å². The van der Waals surface area contributed by atoms with E-state index in [0.29, 0.717) is 6.61 Å². The second-order valence-electron chi connectivity index (χ2n) is 7.01. The van der Waals surface area contributed by atoms with Gasteiger partial charge in [-0.05, 0) is 41.5 Å². The SMILES string of the molecule is COc1ccc2c(c1)C[C@H](n1c(CCNCc3ccccc3)c[nH]c1=S)CO2.Cl. The number of hydrogen-bond acceptors (Lipinski definition) is 4. The summed E-state index contributed by atoms with van der Waals surface area (Å²) in [7, 11) is 1.69. The number of fused-ring (bicyclic) bond motifs is 1. The van der Waals surface area contributed by atoms with Crippen molar-refractivity contribution in [2.75, 3.05) is 20.3 Å². The quantitative estimate of drug-likeness (QED) is 0.427. The lowest BCUT2D eigenvalue weighted by molar-refractivity contribution is 0.220. The zero-order chi connectivity index (χ0) is 19.3. The van der Waals surface area contributed by atoms with Crippen molar-refractivity contribution in [1.82, 2.24) is 14.9 Å². The van der Waals surface area contributed by atoms with Crippen LogP contribution in [0.1, 0.15) is 22.9 Å². The van der Waals surface area contributed by atoms with E-state index in [-0.39, 0.29) is 18.4 Å². The van der Waals surface area contributed by atoms with Gasteiger partial charge in [0.25, 0.3) is 0 Å². The highest BCUT2D eigenvalue weighted by atomic mass is 35.5. The highest BCUT2D eigenvalue weighted by Crippen LogP contribution is 2.33. The fourth-order valence-electron chi connectivity index (χ4n) is 3.70. The summed E-state index contributed by atoms with van der Waals surface area (Å²) in [5.41, 5.74) is 3.65. The van der Waals surface area contributed by atoms with Crippen LogP contribution < -0.4 is 14.8 Å². The van der Waals surface area contributed by atoms with E-state index in [1.165, 1.54) is 11.3 Å². The summed E-state index contributed by atoms with van der Waals surface area (Å²) in [5.74, 6) is 1.79. The van der Waals surface area contributed by atoms with Crippen molar-refractivity contribution in [2.45, 2.75) is 25.4 Å². The highest BCUT2D eigenvalue weighted by molar-refractivity contribution is 7.71. The van der Waals surface area contributed by atoms with Crippen LogP contribution in [0.5, 0.6) is 11.5 Å². The summed E-state index contributed by atoms with van der Waals surface area (Å²) in [4.78, 5) is 3.21. The second-order valence-corrected chi connectivity index (χ2v) is 7.40. The molecule has 1 aliphatic heterocycles. The molecule has 1 aromatic heterocycles. The molecule has 3 aromatic rings. The third-order valence-electron chi connectivity index (χ3n) is 5.14. The van der Waals surface area contributed by atoms with Crippen molar-refractivity contribution in [3.8, 4) is 11.5 Å². The summed E-state index contributed by atoms with van der Waals surface area (Å²) in [6.45, 7) is 2.38. The van der Waals surface area contributed by atoms with Gasteiger partial charge in [0, 0.05) is 37.8 Å². The average Bonchev–Trinajstić information content (AvgIpc) is 3.11. The van der Waals surface area contributed by atoms with Crippen LogP contribution in [0, 0.1) is 4.77 Å². The van der Waals surface area contributed by atoms with Crippen LogP contribution >= 0.6 is 24.6 Å². The number of methoxy groups -OCH3 is 1. The molecular weight excluding hydrogens is 406 g/mol. The van der Waals surface area contributed by atoms with Gasteiger partial charge < -0.3 is 24.3 Å². The van der Waals surface area contributed by atoms with Crippen LogP contribution in [0.3, 0.4) is 0 Å². The molecule has 0 unspecified atom stereocenters. The maximum atomic E-state index is 6.00. The zero-order valence-electron chi connectivity index (χ0n) is 16.4. The van der Waals surface area contributed by atoms with Crippen molar-refractivity contribution in [3.05, 3.63) is 76.3 Å². The molecule has 0 saturated heterocycles. The average molecular weight is 432 g/mol. The molecule has 0 aliphatic carbocycles. The van der Waals surface area contributed by atoms with Gasteiger partial charge in [-0.1, -0.05) is 30.3 Å². The Hall–Kier alpha value is -2.28.